The molecular formula is C47H87NO8P+. The Bertz CT molecular complexity index is 1340. The zero-order valence-corrected chi connectivity index (χ0v) is 37.7. The topological polar surface area (TPSA) is 108 Å². The van der Waals surface area contributed by atoms with Crippen molar-refractivity contribution in [2.75, 3.05) is 47.4 Å². The maximum absolute atomic E-state index is 13.0. The molecule has 0 fully saturated rings. The first kappa shape index (κ1) is 46.0. The lowest BCUT2D eigenvalue weighted by molar-refractivity contribution is -0.870. The second kappa shape index (κ2) is 39.4. The number of allylic oxidation sites excluding steroid dienone is 8. The van der Waals surface area contributed by atoms with Gasteiger partial charge in [-0.3, -0.25) is 18.6 Å². The van der Waals surface area contributed by atoms with Gasteiger partial charge >= 0.3 is 19.8 Å². The van der Waals surface area contributed by atoms with Crippen molar-refractivity contribution in [3.63, 3.8) is 0 Å². The fourth-order valence-corrected chi connectivity index (χ4v) is 6.23. The predicted molar refractivity (Wildman–Crippen MR) is 238 cm³/mol. The van der Waals surface area contributed by atoms with Crippen LogP contribution < -0.4 is 0 Å². The Balaban J connectivity index is 5.08. The number of nitrogens with zero attached hydrogens (tertiary/aromatic N) is 1. The first-order valence-corrected chi connectivity index (χ1v) is 23.8. The lowest BCUT2D eigenvalue weighted by Crippen LogP contribution is -2.37. The molecule has 0 radical (unpaired) electrons. The smallest absolute Gasteiger partial charge is 0.462 e. The van der Waals surface area contributed by atoms with Gasteiger partial charge in [0.1, 0.15) is 19.7 Å². The third-order valence-corrected chi connectivity index (χ3v) is 10.0. The van der Waals surface area contributed by atoms with Gasteiger partial charge in [-0.05, 0) is 57.8 Å². The van der Waals surface area contributed by atoms with Crippen molar-refractivity contribution in [3.8, 4) is 0 Å². The normalized spacial score (nSPS) is 16.4. The molecule has 1 N–H and O–H groups in total. The average Bonchev–Trinajstić information content (AvgIpc) is 3.17. The van der Waals surface area contributed by atoms with E-state index in [1.165, 1.54) is 77.0 Å². The largest absolute Gasteiger partial charge is 0.472 e. The van der Waals surface area contributed by atoms with Gasteiger partial charge in [-0.1, -0.05) is 165 Å². The fraction of sp³-hybridized carbons (Fsp3) is 0.787. The van der Waals surface area contributed by atoms with E-state index in [2.05, 4.69) is 62.5 Å². The van der Waals surface area contributed by atoms with Gasteiger partial charge in [0.15, 0.2) is 6.08 Å². The van der Waals surface area contributed by atoms with Crippen LogP contribution in [0, 0.1) is 0 Å². The van der Waals surface area contributed by atoms with Crippen LogP contribution in [0.2, 0.25) is 0 Å². The van der Waals surface area contributed by atoms with E-state index in [1.54, 1.807) is 21.1 Å². The zero-order chi connectivity index (χ0) is 46.6. The predicted octanol–water partition coefficient (Wildman–Crippen LogP) is 13.1. The highest BCUT2D eigenvalue weighted by Gasteiger charge is 2.27. The molecule has 0 saturated heterocycles. The van der Waals surface area contributed by atoms with Gasteiger partial charge in [-0.25, -0.2) is 4.57 Å². The molecule has 9 nitrogen and oxygen atoms in total. The Morgan fingerprint density at radius 3 is 1.49 bits per heavy atom. The highest BCUT2D eigenvalue weighted by Crippen LogP contribution is 2.43. The van der Waals surface area contributed by atoms with Gasteiger partial charge in [0, 0.05) is 12.8 Å². The van der Waals surface area contributed by atoms with Crippen LogP contribution in [0.3, 0.4) is 0 Å². The minimum atomic E-state index is -5.27. The van der Waals surface area contributed by atoms with Crippen molar-refractivity contribution in [1.29, 1.82) is 0 Å². The number of hydrogen-bond donors (Lipinski definition) is 1. The summed E-state index contributed by atoms with van der Waals surface area (Å²) in [5.74, 6) is -2.23. The lowest BCUT2D eigenvalue weighted by atomic mass is 10.0. The number of rotatable bonds is 41. The fourth-order valence-electron chi connectivity index (χ4n) is 5.67. The van der Waals surface area contributed by atoms with Crippen LogP contribution in [0.25, 0.3) is 0 Å². The Morgan fingerprint density at radius 2 is 1.00 bits per heavy atom. The molecule has 0 amide bonds. The van der Waals surface area contributed by atoms with Crippen molar-refractivity contribution >= 4 is 19.8 Å². The molecule has 0 aromatic carbocycles. The summed E-state index contributed by atoms with van der Waals surface area (Å²) >= 11 is 0. The molecule has 1 unspecified atom stereocenters. The summed E-state index contributed by atoms with van der Waals surface area (Å²) in [5, 5.41) is 0. The maximum atomic E-state index is 13.0. The number of ether oxygens (including phenoxy) is 2. The number of hydrogen-bond acceptors (Lipinski definition) is 7. The molecule has 0 saturated carbocycles. The quantitative estimate of drug-likeness (QED) is 0.0213. The van der Waals surface area contributed by atoms with Crippen LogP contribution in [0.1, 0.15) is 194 Å². The second-order valence-electron chi connectivity index (χ2n) is 15.9. The van der Waals surface area contributed by atoms with Crippen LogP contribution >= 0.6 is 7.82 Å². The Kier molecular flexibility index (Phi) is 31.9. The summed E-state index contributed by atoms with van der Waals surface area (Å²) in [6.45, 7) is -3.09. The van der Waals surface area contributed by atoms with Gasteiger partial charge in [0.05, 0.1) is 34.6 Å². The monoisotopic (exact) mass is 830 g/mol. The molecule has 0 spiro atoms. The molecule has 0 aliphatic heterocycles. The van der Waals surface area contributed by atoms with Crippen LogP contribution in [0.5, 0.6) is 0 Å². The third kappa shape index (κ3) is 43.4. The molecule has 10 heteroatoms. The number of likely N-dealkylation sites (N-methyl/N-ethyl adjacent to an activating group) is 1. The molecule has 0 bridgehead atoms. The molecule has 332 valence electrons. The number of phosphoric acid groups is 1. The standard InChI is InChI=1S/C47H86NO8P/c1-6-8-10-12-14-16-18-20-22-23-24-25-26-28-30-32-34-36-38-40-47(50)56-45(44-55-57(51,52)54-42-41-48(3,4)5)43-53-46(49)39-37-35-33-31-29-27-21-19-17-15-13-11-9-7-2/h14,16,20,22,24-25,28,30,45H,6-13,15,17-19,21,23,26-27,29,31-44H2,1-5H3/p+1/b16-14-,22-20-,25-24-,30-28-/t45-/m1/s1/i43D2,44D2,45D. The highest BCUT2D eigenvalue weighted by molar-refractivity contribution is 7.47. The molecule has 0 aliphatic carbocycles. The van der Waals surface area contributed by atoms with Crippen molar-refractivity contribution < 1.29 is 48.9 Å². The lowest BCUT2D eigenvalue weighted by Gasteiger charge is -2.24. The van der Waals surface area contributed by atoms with Gasteiger partial charge in [0.2, 0.25) is 0 Å². The summed E-state index contributed by atoms with van der Waals surface area (Å²) in [4.78, 5) is 36.2. The maximum Gasteiger partial charge on any atom is 0.472 e. The number of phosphoric ester groups is 1. The second-order valence-corrected chi connectivity index (χ2v) is 17.3. The minimum Gasteiger partial charge on any atom is -0.462 e. The van der Waals surface area contributed by atoms with E-state index >= 15 is 0 Å². The van der Waals surface area contributed by atoms with Crippen LogP contribution in [0.15, 0.2) is 48.6 Å². The van der Waals surface area contributed by atoms with Crippen LogP contribution in [-0.4, -0.2) is 74.8 Å². The summed E-state index contributed by atoms with van der Waals surface area (Å²) in [6.07, 6.45) is 38.4. The molecule has 0 aromatic heterocycles. The summed E-state index contributed by atoms with van der Waals surface area (Å²) in [5.41, 5.74) is 0. The molecule has 0 heterocycles. The SMILES string of the molecule is [2H]C([2H])(OC(=O)CCCCCCCCCCCCCCCC)[C@@]([2H])(OC(=O)CCCCC/C=C\C/C=C\C/C=C\C/C=C\CCCCC)C([2H])([2H])OP(=O)(O)OCC[N+](C)(C)C. The van der Waals surface area contributed by atoms with Gasteiger partial charge < -0.3 is 18.9 Å². The van der Waals surface area contributed by atoms with Crippen molar-refractivity contribution in [2.45, 2.75) is 193 Å². The molecular weight excluding hydrogens is 737 g/mol. The van der Waals surface area contributed by atoms with Crippen LogP contribution in [0.4, 0.5) is 0 Å². The van der Waals surface area contributed by atoms with E-state index in [0.29, 0.717) is 30.2 Å². The Labute approximate surface area is 357 Å². The van der Waals surface area contributed by atoms with Crippen LogP contribution in [-0.2, 0) is 32.7 Å². The average molecular weight is 830 g/mol. The first-order valence-electron chi connectivity index (χ1n) is 24.8. The number of carbonyl (C=O) groups is 2. The van der Waals surface area contributed by atoms with E-state index in [-0.39, 0.29) is 26.0 Å². The summed E-state index contributed by atoms with van der Waals surface area (Å²) < 4.78 is 75.5. The molecule has 2 atom stereocenters. The number of carbonyl (C=O) groups excluding carboxylic acids is 2. The first-order chi connectivity index (χ1) is 29.3. The van der Waals surface area contributed by atoms with E-state index in [9.17, 15) is 19.0 Å². The van der Waals surface area contributed by atoms with E-state index in [1.807, 2.05) is 0 Å². The zero-order valence-electron chi connectivity index (χ0n) is 41.8. The van der Waals surface area contributed by atoms with Gasteiger partial charge in [-0.2, -0.15) is 0 Å². The van der Waals surface area contributed by atoms with E-state index in [4.69, 9.17) is 25.4 Å². The van der Waals surface area contributed by atoms with Crippen molar-refractivity contribution in [2.24, 2.45) is 0 Å². The van der Waals surface area contributed by atoms with Crippen molar-refractivity contribution in [1.82, 2.24) is 0 Å². The number of quaternary nitrogens is 1. The molecule has 0 aliphatic rings. The summed E-state index contributed by atoms with van der Waals surface area (Å²) in [7, 11) is 0.132. The number of esters is 2. The number of unbranched alkanes of at least 4 members (excludes halogenated alkanes) is 19. The van der Waals surface area contributed by atoms with Crippen molar-refractivity contribution in [3.05, 3.63) is 48.6 Å². The van der Waals surface area contributed by atoms with E-state index < -0.39 is 39.0 Å². The third-order valence-electron chi connectivity index (χ3n) is 9.19. The van der Waals surface area contributed by atoms with Gasteiger partial charge in [-0.15, -0.1) is 0 Å². The summed E-state index contributed by atoms with van der Waals surface area (Å²) in [6, 6.07) is 0. The molecule has 0 aromatic rings. The molecule has 57 heavy (non-hydrogen) atoms. The van der Waals surface area contributed by atoms with E-state index in [0.717, 1.165) is 57.8 Å². The molecule has 0 rings (SSSR count). The minimum absolute atomic E-state index is 0.211. The van der Waals surface area contributed by atoms with Gasteiger partial charge in [0.25, 0.3) is 0 Å². The Hall–Kier alpha value is -2.03. The highest BCUT2D eigenvalue weighted by atomic mass is 31.2. The Morgan fingerprint density at radius 1 is 0.596 bits per heavy atom.